The highest BCUT2D eigenvalue weighted by molar-refractivity contribution is 6.01. The second kappa shape index (κ2) is 8.66. The SMILES string of the molecule is CNC(=O)N(CC(C)(C)C)C(=O)N(O)C(=O)[C@@H](O)CCOC. The van der Waals surface area contributed by atoms with Gasteiger partial charge in [0.15, 0.2) is 0 Å². The summed E-state index contributed by atoms with van der Waals surface area (Å²) in [6, 6.07) is -1.99. The standard InChI is InChI=1S/C13H25N3O6/c1-13(2,3)8-15(11(19)14-4)12(20)16(21)10(18)9(17)6-7-22-5/h9,17,21H,6-8H2,1-5H3,(H,14,19)/t9-/m0/s1. The Labute approximate surface area is 129 Å². The molecule has 1 atom stereocenters. The smallest absolute Gasteiger partial charge is 0.359 e. The van der Waals surface area contributed by atoms with Crippen molar-refractivity contribution in [3.63, 3.8) is 0 Å². The molecule has 128 valence electrons. The highest BCUT2D eigenvalue weighted by atomic mass is 16.5. The number of carbonyl (C=O) groups excluding carboxylic acids is 3. The van der Waals surface area contributed by atoms with Crippen LogP contribution in [0, 0.1) is 5.41 Å². The molecule has 5 amide bonds. The number of ether oxygens (including phenoxy) is 1. The van der Waals surface area contributed by atoms with Gasteiger partial charge in [-0.1, -0.05) is 20.8 Å². The van der Waals surface area contributed by atoms with Crippen LogP contribution < -0.4 is 5.32 Å². The molecule has 3 N–H and O–H groups in total. The first-order valence-electron chi connectivity index (χ1n) is 6.78. The highest BCUT2D eigenvalue weighted by Crippen LogP contribution is 2.16. The summed E-state index contributed by atoms with van der Waals surface area (Å²) in [5.41, 5.74) is -0.444. The number of aliphatic hydroxyl groups is 1. The van der Waals surface area contributed by atoms with Crippen LogP contribution in [0.15, 0.2) is 0 Å². The van der Waals surface area contributed by atoms with Gasteiger partial charge in [0.25, 0.3) is 5.91 Å². The third-order valence-electron chi connectivity index (χ3n) is 2.59. The zero-order chi connectivity index (χ0) is 17.5. The largest absolute Gasteiger partial charge is 0.385 e. The lowest BCUT2D eigenvalue weighted by molar-refractivity contribution is -0.164. The molecule has 0 saturated heterocycles. The number of rotatable bonds is 5. The van der Waals surface area contributed by atoms with Gasteiger partial charge in [0, 0.05) is 33.7 Å². The number of aliphatic hydroxyl groups excluding tert-OH is 1. The number of methoxy groups -OCH3 is 1. The van der Waals surface area contributed by atoms with E-state index in [4.69, 9.17) is 4.74 Å². The summed E-state index contributed by atoms with van der Waals surface area (Å²) in [4.78, 5) is 36.3. The van der Waals surface area contributed by atoms with Gasteiger partial charge in [-0.05, 0) is 5.41 Å². The van der Waals surface area contributed by atoms with Gasteiger partial charge in [-0.2, -0.15) is 0 Å². The van der Waals surface area contributed by atoms with E-state index in [2.05, 4.69) is 5.32 Å². The number of urea groups is 2. The molecule has 0 aliphatic heterocycles. The third kappa shape index (κ3) is 6.37. The maximum Gasteiger partial charge on any atom is 0.359 e. The van der Waals surface area contributed by atoms with Crippen molar-refractivity contribution in [2.45, 2.75) is 33.3 Å². The quantitative estimate of drug-likeness (QED) is 0.499. The van der Waals surface area contributed by atoms with E-state index in [1.165, 1.54) is 14.2 Å². The monoisotopic (exact) mass is 319 g/mol. The van der Waals surface area contributed by atoms with Gasteiger partial charge >= 0.3 is 12.1 Å². The fourth-order valence-electron chi connectivity index (χ4n) is 1.54. The first-order chi connectivity index (χ1) is 10.0. The summed E-state index contributed by atoms with van der Waals surface area (Å²) >= 11 is 0. The minimum absolute atomic E-state index is 0.0238. The van der Waals surface area contributed by atoms with Gasteiger partial charge in [-0.3, -0.25) is 10.0 Å². The molecule has 0 rings (SSSR count). The van der Waals surface area contributed by atoms with Crippen molar-refractivity contribution in [2.75, 3.05) is 27.3 Å². The summed E-state index contributed by atoms with van der Waals surface area (Å²) in [5, 5.41) is 21.3. The number of nitrogens with one attached hydrogen (secondary N) is 1. The summed E-state index contributed by atoms with van der Waals surface area (Å²) < 4.78 is 4.70. The van der Waals surface area contributed by atoms with Gasteiger partial charge in [-0.25, -0.2) is 14.5 Å². The Morgan fingerprint density at radius 1 is 1.27 bits per heavy atom. The van der Waals surface area contributed by atoms with E-state index in [1.807, 2.05) is 0 Å². The van der Waals surface area contributed by atoms with Gasteiger partial charge in [-0.15, -0.1) is 5.06 Å². The molecule has 0 aromatic carbocycles. The molecule has 22 heavy (non-hydrogen) atoms. The number of hydrogen-bond acceptors (Lipinski definition) is 6. The van der Waals surface area contributed by atoms with Crippen molar-refractivity contribution in [1.29, 1.82) is 0 Å². The molecular formula is C13H25N3O6. The molecule has 0 fully saturated rings. The molecule has 9 nitrogen and oxygen atoms in total. The Morgan fingerprint density at radius 3 is 2.23 bits per heavy atom. The van der Waals surface area contributed by atoms with Crippen LogP contribution in [-0.2, 0) is 9.53 Å². The topological polar surface area (TPSA) is 119 Å². The molecule has 0 spiro atoms. The van der Waals surface area contributed by atoms with E-state index in [1.54, 1.807) is 20.8 Å². The zero-order valence-corrected chi connectivity index (χ0v) is 13.6. The Kier molecular flexibility index (Phi) is 7.99. The van der Waals surface area contributed by atoms with Crippen LogP contribution in [-0.4, -0.2) is 71.7 Å². The molecule has 0 bridgehead atoms. The van der Waals surface area contributed by atoms with Gasteiger partial charge < -0.3 is 15.2 Å². The molecule has 0 aliphatic carbocycles. The fourth-order valence-corrected chi connectivity index (χ4v) is 1.54. The Morgan fingerprint density at radius 2 is 1.82 bits per heavy atom. The van der Waals surface area contributed by atoms with Crippen LogP contribution in [0.25, 0.3) is 0 Å². The number of imide groups is 2. The van der Waals surface area contributed by atoms with Crippen LogP contribution in [0.3, 0.4) is 0 Å². The van der Waals surface area contributed by atoms with E-state index in [-0.39, 0.29) is 24.6 Å². The Balaban J connectivity index is 5.05. The van der Waals surface area contributed by atoms with E-state index in [9.17, 15) is 24.7 Å². The second-order valence-electron chi connectivity index (χ2n) is 5.93. The molecule has 0 radical (unpaired) electrons. The van der Waals surface area contributed by atoms with Gasteiger partial charge in [0.05, 0.1) is 0 Å². The average molecular weight is 319 g/mol. The molecule has 9 heteroatoms. The van der Waals surface area contributed by atoms with E-state index >= 15 is 0 Å². The zero-order valence-electron chi connectivity index (χ0n) is 13.6. The van der Waals surface area contributed by atoms with Crippen molar-refractivity contribution in [3.05, 3.63) is 0 Å². The van der Waals surface area contributed by atoms with E-state index < -0.39 is 29.5 Å². The summed E-state index contributed by atoms with van der Waals surface area (Å²) in [5.74, 6) is -1.22. The number of hydrogen-bond donors (Lipinski definition) is 3. The molecule has 0 aromatic heterocycles. The van der Waals surface area contributed by atoms with Crippen LogP contribution in [0.1, 0.15) is 27.2 Å². The predicted octanol–water partition coefficient (Wildman–Crippen LogP) is 0.409. The maximum absolute atomic E-state index is 12.1. The first kappa shape index (κ1) is 20.3. The van der Waals surface area contributed by atoms with Crippen LogP contribution in [0.5, 0.6) is 0 Å². The number of nitrogens with zero attached hydrogens (tertiary/aromatic N) is 2. The lowest BCUT2D eigenvalue weighted by Gasteiger charge is -2.30. The van der Waals surface area contributed by atoms with Crippen LogP contribution in [0.2, 0.25) is 0 Å². The lowest BCUT2D eigenvalue weighted by atomic mass is 9.96. The third-order valence-corrected chi connectivity index (χ3v) is 2.59. The summed E-state index contributed by atoms with van der Waals surface area (Å²) in [6.45, 7) is 5.41. The lowest BCUT2D eigenvalue weighted by Crippen LogP contribution is -2.54. The minimum Gasteiger partial charge on any atom is -0.385 e. The van der Waals surface area contributed by atoms with Crippen molar-refractivity contribution in [1.82, 2.24) is 15.3 Å². The van der Waals surface area contributed by atoms with Crippen molar-refractivity contribution in [2.24, 2.45) is 5.41 Å². The number of amides is 5. The van der Waals surface area contributed by atoms with Crippen LogP contribution >= 0.6 is 0 Å². The first-order valence-corrected chi connectivity index (χ1v) is 6.78. The number of carbonyl (C=O) groups is 3. The molecule has 0 aliphatic rings. The molecular weight excluding hydrogens is 294 g/mol. The predicted molar refractivity (Wildman–Crippen MR) is 77.1 cm³/mol. The van der Waals surface area contributed by atoms with Crippen molar-refractivity contribution < 1.29 is 29.4 Å². The van der Waals surface area contributed by atoms with E-state index in [0.717, 1.165) is 0 Å². The fraction of sp³-hybridized carbons (Fsp3) is 0.769. The summed E-state index contributed by atoms with van der Waals surface area (Å²) in [7, 11) is 2.71. The molecule has 0 unspecified atom stereocenters. The molecule has 0 heterocycles. The number of hydroxylamine groups is 2. The van der Waals surface area contributed by atoms with Crippen molar-refractivity contribution in [3.8, 4) is 0 Å². The summed E-state index contributed by atoms with van der Waals surface area (Å²) in [6.07, 6.45) is -1.69. The minimum atomic E-state index is -1.60. The van der Waals surface area contributed by atoms with Crippen LogP contribution in [0.4, 0.5) is 9.59 Å². The maximum atomic E-state index is 12.1. The average Bonchev–Trinajstić information content (AvgIpc) is 2.46. The van der Waals surface area contributed by atoms with E-state index in [0.29, 0.717) is 4.90 Å². The Bertz CT molecular complexity index is 407. The molecule has 0 aromatic rings. The normalized spacial score (nSPS) is 12.5. The van der Waals surface area contributed by atoms with Gasteiger partial charge in [0.1, 0.15) is 6.10 Å². The van der Waals surface area contributed by atoms with Crippen molar-refractivity contribution >= 4 is 18.0 Å². The Hall–Kier alpha value is -1.71. The van der Waals surface area contributed by atoms with Gasteiger partial charge in [0.2, 0.25) is 0 Å². The molecule has 0 saturated carbocycles. The highest BCUT2D eigenvalue weighted by Gasteiger charge is 2.34. The second-order valence-corrected chi connectivity index (χ2v) is 5.93.